The van der Waals surface area contributed by atoms with Crippen LogP contribution in [0.1, 0.15) is 12.6 Å². The number of fused-ring (bicyclic) bond motifs is 1. The minimum Gasteiger partial charge on any atom is -0.463 e. The van der Waals surface area contributed by atoms with E-state index in [1.807, 2.05) is 0 Å². The number of carbonyl (C=O) groups excluding carboxylic acids is 1. The molecule has 0 spiro atoms. The second kappa shape index (κ2) is 5.73. The van der Waals surface area contributed by atoms with E-state index in [1.54, 1.807) is 6.92 Å². The summed E-state index contributed by atoms with van der Waals surface area (Å²) in [6.45, 7) is 1.86. The molecule has 1 heterocycles. The minimum absolute atomic E-state index is 0.0736. The number of pyridine rings is 1. The molecule has 0 aliphatic rings. The van der Waals surface area contributed by atoms with Gasteiger partial charge in [-0.1, -0.05) is 0 Å². The highest BCUT2D eigenvalue weighted by molar-refractivity contribution is 5.93. The third-order valence-electron chi connectivity index (χ3n) is 2.59. The molecule has 0 amide bonds. The summed E-state index contributed by atoms with van der Waals surface area (Å²) in [5.74, 6) is -4.74. The molecule has 3 nitrogen and oxygen atoms in total. The molecule has 0 saturated carbocycles. The lowest BCUT2D eigenvalue weighted by molar-refractivity contribution is -0.137. The van der Waals surface area contributed by atoms with Crippen LogP contribution in [0.5, 0.6) is 0 Å². The van der Waals surface area contributed by atoms with E-state index in [0.29, 0.717) is 0 Å². The second-order valence-electron chi connectivity index (χ2n) is 3.86. The summed E-state index contributed by atoms with van der Waals surface area (Å²) in [5, 5.41) is -0.0353. The number of hydrogen-bond acceptors (Lipinski definition) is 3. The summed E-state index contributed by atoms with van der Waals surface area (Å²) in [6, 6.07) is 2.07. The van der Waals surface area contributed by atoms with Crippen molar-refractivity contribution in [3.63, 3.8) is 0 Å². The van der Waals surface area contributed by atoms with E-state index in [4.69, 9.17) is 0 Å². The van der Waals surface area contributed by atoms with E-state index < -0.39 is 23.4 Å². The van der Waals surface area contributed by atoms with Gasteiger partial charge in [-0.2, -0.15) is 0 Å². The molecule has 0 atom stereocenters. The van der Waals surface area contributed by atoms with E-state index in [9.17, 15) is 18.0 Å². The first-order valence-electron chi connectivity index (χ1n) is 5.81. The molecule has 0 N–H and O–H groups in total. The molecule has 0 bridgehead atoms. The van der Waals surface area contributed by atoms with Crippen molar-refractivity contribution >= 4 is 22.8 Å². The van der Waals surface area contributed by atoms with Gasteiger partial charge in [-0.15, -0.1) is 0 Å². The zero-order valence-corrected chi connectivity index (χ0v) is 10.5. The molecule has 6 heteroatoms. The van der Waals surface area contributed by atoms with Crippen LogP contribution >= 0.6 is 0 Å². The Bertz CT molecular complexity index is 698. The van der Waals surface area contributed by atoms with Gasteiger partial charge in [-0.05, 0) is 25.1 Å². The summed E-state index contributed by atoms with van der Waals surface area (Å²) < 4.78 is 44.7. The normalized spacial score (nSPS) is 11.2. The Morgan fingerprint density at radius 3 is 2.75 bits per heavy atom. The molecule has 0 unspecified atom stereocenters. The fourth-order valence-corrected chi connectivity index (χ4v) is 1.72. The number of hydrogen-bond donors (Lipinski definition) is 0. The monoisotopic (exact) mass is 281 g/mol. The summed E-state index contributed by atoms with van der Waals surface area (Å²) in [4.78, 5) is 15.1. The van der Waals surface area contributed by atoms with Gasteiger partial charge in [0.25, 0.3) is 0 Å². The van der Waals surface area contributed by atoms with E-state index in [-0.39, 0.29) is 23.1 Å². The molecular formula is C14H10F3NO2. The first kappa shape index (κ1) is 14.0. The molecular weight excluding hydrogens is 271 g/mol. The van der Waals surface area contributed by atoms with Crippen LogP contribution in [-0.4, -0.2) is 17.6 Å². The van der Waals surface area contributed by atoms with Gasteiger partial charge >= 0.3 is 5.97 Å². The van der Waals surface area contributed by atoms with Crippen molar-refractivity contribution in [3.8, 4) is 0 Å². The van der Waals surface area contributed by atoms with E-state index >= 15 is 0 Å². The van der Waals surface area contributed by atoms with Crippen molar-refractivity contribution in [3.05, 3.63) is 47.6 Å². The third-order valence-corrected chi connectivity index (χ3v) is 2.59. The molecule has 2 aromatic rings. The Labute approximate surface area is 112 Å². The quantitative estimate of drug-likeness (QED) is 0.492. The molecule has 104 valence electrons. The van der Waals surface area contributed by atoms with Crippen molar-refractivity contribution in [2.75, 3.05) is 6.61 Å². The van der Waals surface area contributed by atoms with Gasteiger partial charge in [0.1, 0.15) is 0 Å². The lowest BCUT2D eigenvalue weighted by Crippen LogP contribution is -1.99. The molecule has 2 rings (SSSR count). The average Bonchev–Trinajstić information content (AvgIpc) is 2.43. The van der Waals surface area contributed by atoms with Crippen LogP contribution in [0.4, 0.5) is 13.2 Å². The van der Waals surface area contributed by atoms with Gasteiger partial charge < -0.3 is 4.74 Å². The lowest BCUT2D eigenvalue weighted by atomic mass is 10.1. The highest BCUT2D eigenvalue weighted by Crippen LogP contribution is 2.25. The average molecular weight is 281 g/mol. The second-order valence-corrected chi connectivity index (χ2v) is 3.86. The standard InChI is InChI=1S/C14H10F3NO2/c1-2-20-12(19)4-3-11-9-7-10(15)14(17)13(16)8(9)5-6-18-11/h3-7H,2H2,1H3/b4-3+. The van der Waals surface area contributed by atoms with Crippen molar-refractivity contribution < 1.29 is 22.7 Å². The van der Waals surface area contributed by atoms with Gasteiger partial charge in [0.05, 0.1) is 12.3 Å². The van der Waals surface area contributed by atoms with Crippen LogP contribution in [-0.2, 0) is 9.53 Å². The highest BCUT2D eigenvalue weighted by Gasteiger charge is 2.15. The number of halogens is 3. The number of rotatable bonds is 3. The van der Waals surface area contributed by atoms with Crippen LogP contribution in [0, 0.1) is 17.5 Å². The fraction of sp³-hybridized carbons (Fsp3) is 0.143. The van der Waals surface area contributed by atoms with Gasteiger partial charge in [-0.25, -0.2) is 18.0 Å². The van der Waals surface area contributed by atoms with Crippen molar-refractivity contribution in [1.82, 2.24) is 4.98 Å². The molecule has 0 fully saturated rings. The Hall–Kier alpha value is -2.37. The molecule has 0 radical (unpaired) electrons. The smallest absolute Gasteiger partial charge is 0.330 e. The summed E-state index contributed by atoms with van der Waals surface area (Å²) in [5.41, 5.74) is 0.147. The SMILES string of the molecule is CCOC(=O)/C=C/c1nccc2c(F)c(F)c(F)cc12. The molecule has 0 aliphatic carbocycles. The van der Waals surface area contributed by atoms with Crippen LogP contribution in [0.3, 0.4) is 0 Å². The largest absolute Gasteiger partial charge is 0.463 e. The Morgan fingerprint density at radius 2 is 2.05 bits per heavy atom. The Balaban J connectivity index is 2.53. The van der Waals surface area contributed by atoms with Crippen molar-refractivity contribution in [1.29, 1.82) is 0 Å². The van der Waals surface area contributed by atoms with Crippen molar-refractivity contribution in [2.24, 2.45) is 0 Å². The van der Waals surface area contributed by atoms with Gasteiger partial charge in [-0.3, -0.25) is 4.98 Å². The van der Waals surface area contributed by atoms with E-state index in [0.717, 1.165) is 12.1 Å². The van der Waals surface area contributed by atoms with Crippen LogP contribution in [0.15, 0.2) is 24.4 Å². The number of aromatic nitrogens is 1. The van der Waals surface area contributed by atoms with E-state index in [1.165, 1.54) is 18.3 Å². The Kier molecular flexibility index (Phi) is 4.02. The summed E-state index contributed by atoms with van der Waals surface area (Å²) in [6.07, 6.45) is 3.59. The zero-order valence-electron chi connectivity index (χ0n) is 10.5. The topological polar surface area (TPSA) is 39.2 Å². The molecule has 0 aliphatic heterocycles. The molecule has 1 aromatic carbocycles. The number of carbonyl (C=O) groups is 1. The predicted molar refractivity (Wildman–Crippen MR) is 67.3 cm³/mol. The molecule has 0 saturated heterocycles. The minimum atomic E-state index is -1.54. The van der Waals surface area contributed by atoms with E-state index in [2.05, 4.69) is 9.72 Å². The maximum absolute atomic E-state index is 13.6. The zero-order chi connectivity index (χ0) is 14.7. The number of ether oxygens (including phenoxy) is 1. The number of benzene rings is 1. The molecule has 1 aromatic heterocycles. The fourth-order valence-electron chi connectivity index (χ4n) is 1.72. The van der Waals surface area contributed by atoms with Crippen LogP contribution in [0.2, 0.25) is 0 Å². The number of nitrogens with zero attached hydrogens (tertiary/aromatic N) is 1. The molecule has 20 heavy (non-hydrogen) atoms. The van der Waals surface area contributed by atoms with Gasteiger partial charge in [0.15, 0.2) is 17.5 Å². The highest BCUT2D eigenvalue weighted by atomic mass is 19.2. The maximum Gasteiger partial charge on any atom is 0.330 e. The summed E-state index contributed by atoms with van der Waals surface area (Å²) in [7, 11) is 0. The predicted octanol–water partition coefficient (Wildman–Crippen LogP) is 3.23. The lowest BCUT2D eigenvalue weighted by Gasteiger charge is -2.04. The first-order valence-corrected chi connectivity index (χ1v) is 5.81. The summed E-state index contributed by atoms with van der Waals surface area (Å²) >= 11 is 0. The van der Waals surface area contributed by atoms with Crippen LogP contribution < -0.4 is 0 Å². The van der Waals surface area contributed by atoms with Gasteiger partial charge in [0, 0.05) is 23.0 Å². The van der Waals surface area contributed by atoms with Crippen LogP contribution in [0.25, 0.3) is 16.8 Å². The maximum atomic E-state index is 13.6. The number of esters is 1. The Morgan fingerprint density at radius 1 is 1.30 bits per heavy atom. The first-order chi connectivity index (χ1) is 9.54. The third kappa shape index (κ3) is 2.64. The van der Waals surface area contributed by atoms with Crippen molar-refractivity contribution in [2.45, 2.75) is 6.92 Å². The van der Waals surface area contributed by atoms with Gasteiger partial charge in [0.2, 0.25) is 0 Å².